The SMILES string of the molecule is Cc1ccccc1-c1nc(C#N)c(NCCC(=O)O)o1. The number of carboxylic acids is 1. The number of rotatable bonds is 5. The highest BCUT2D eigenvalue weighted by atomic mass is 16.4. The number of carbonyl (C=O) groups is 1. The van der Waals surface area contributed by atoms with E-state index in [-0.39, 0.29) is 24.5 Å². The molecule has 0 radical (unpaired) electrons. The minimum absolute atomic E-state index is 0.0642. The molecule has 0 unspecified atom stereocenters. The molecule has 1 aromatic heterocycles. The van der Waals surface area contributed by atoms with E-state index in [9.17, 15) is 4.79 Å². The number of aryl methyl sites for hydroxylation is 1. The van der Waals surface area contributed by atoms with Gasteiger partial charge < -0.3 is 14.8 Å². The van der Waals surface area contributed by atoms with Crippen molar-refractivity contribution in [2.75, 3.05) is 11.9 Å². The van der Waals surface area contributed by atoms with Gasteiger partial charge >= 0.3 is 5.97 Å². The average molecular weight is 271 g/mol. The van der Waals surface area contributed by atoms with Gasteiger partial charge in [0.2, 0.25) is 17.5 Å². The summed E-state index contributed by atoms with van der Waals surface area (Å²) in [5.74, 6) is -0.376. The molecule has 6 nitrogen and oxygen atoms in total. The number of hydrogen-bond donors (Lipinski definition) is 2. The number of nitrogens with one attached hydrogen (secondary N) is 1. The Labute approximate surface area is 115 Å². The van der Waals surface area contributed by atoms with E-state index in [1.807, 2.05) is 37.3 Å². The summed E-state index contributed by atoms with van der Waals surface area (Å²) in [6, 6.07) is 9.46. The van der Waals surface area contributed by atoms with Gasteiger partial charge in [-0.15, -0.1) is 0 Å². The molecule has 2 rings (SSSR count). The number of carboxylic acid groups (broad SMARTS) is 1. The van der Waals surface area contributed by atoms with Crippen LogP contribution < -0.4 is 5.32 Å². The van der Waals surface area contributed by atoms with Crippen molar-refractivity contribution in [1.82, 2.24) is 4.98 Å². The summed E-state index contributed by atoms with van der Waals surface area (Å²) < 4.78 is 5.52. The fraction of sp³-hybridized carbons (Fsp3) is 0.214. The van der Waals surface area contributed by atoms with Crippen LogP contribution in [0.15, 0.2) is 28.7 Å². The van der Waals surface area contributed by atoms with Crippen molar-refractivity contribution in [3.8, 4) is 17.5 Å². The Morgan fingerprint density at radius 2 is 2.25 bits per heavy atom. The van der Waals surface area contributed by atoms with Gasteiger partial charge in [-0.3, -0.25) is 4.79 Å². The minimum atomic E-state index is -0.922. The van der Waals surface area contributed by atoms with E-state index in [1.54, 1.807) is 0 Å². The largest absolute Gasteiger partial charge is 0.481 e. The first-order valence-electron chi connectivity index (χ1n) is 6.04. The maximum Gasteiger partial charge on any atom is 0.305 e. The van der Waals surface area contributed by atoms with Gasteiger partial charge in [0.05, 0.1) is 6.42 Å². The summed E-state index contributed by atoms with van der Waals surface area (Å²) in [6.45, 7) is 2.09. The van der Waals surface area contributed by atoms with Crippen LogP contribution in [0.25, 0.3) is 11.5 Å². The highest BCUT2D eigenvalue weighted by Gasteiger charge is 2.15. The van der Waals surface area contributed by atoms with Crippen LogP contribution >= 0.6 is 0 Å². The molecular weight excluding hydrogens is 258 g/mol. The van der Waals surface area contributed by atoms with Gasteiger partial charge in [0, 0.05) is 12.1 Å². The number of aromatic nitrogens is 1. The maximum absolute atomic E-state index is 10.5. The smallest absolute Gasteiger partial charge is 0.305 e. The van der Waals surface area contributed by atoms with Crippen molar-refractivity contribution in [2.24, 2.45) is 0 Å². The Hall–Kier alpha value is -2.81. The third-order valence-corrected chi connectivity index (χ3v) is 2.73. The fourth-order valence-corrected chi connectivity index (χ4v) is 1.73. The number of oxazole rings is 1. The summed E-state index contributed by atoms with van der Waals surface area (Å²) in [6.07, 6.45) is -0.0642. The lowest BCUT2D eigenvalue weighted by atomic mass is 10.1. The van der Waals surface area contributed by atoms with Gasteiger partial charge in [-0.2, -0.15) is 10.2 Å². The summed E-state index contributed by atoms with van der Waals surface area (Å²) >= 11 is 0. The Bertz CT molecular complexity index is 671. The zero-order chi connectivity index (χ0) is 14.5. The first kappa shape index (κ1) is 13.6. The highest BCUT2D eigenvalue weighted by Crippen LogP contribution is 2.27. The van der Waals surface area contributed by atoms with Crippen LogP contribution in [0.2, 0.25) is 0 Å². The summed E-state index contributed by atoms with van der Waals surface area (Å²) in [5, 5.41) is 20.4. The molecule has 0 amide bonds. The lowest BCUT2D eigenvalue weighted by molar-refractivity contribution is -0.136. The predicted molar refractivity (Wildman–Crippen MR) is 72.1 cm³/mol. The average Bonchev–Trinajstić information content (AvgIpc) is 2.82. The van der Waals surface area contributed by atoms with Gasteiger partial charge in [-0.1, -0.05) is 18.2 Å². The van der Waals surface area contributed by atoms with Gasteiger partial charge in [-0.05, 0) is 18.6 Å². The van der Waals surface area contributed by atoms with Gasteiger partial charge in [0.25, 0.3) is 0 Å². The molecule has 0 bridgehead atoms. The first-order valence-corrected chi connectivity index (χ1v) is 6.04. The minimum Gasteiger partial charge on any atom is -0.481 e. The van der Waals surface area contributed by atoms with Crippen molar-refractivity contribution < 1.29 is 14.3 Å². The molecule has 0 saturated heterocycles. The number of aliphatic carboxylic acids is 1. The molecule has 1 heterocycles. The second-order valence-corrected chi connectivity index (χ2v) is 4.19. The molecule has 0 fully saturated rings. The summed E-state index contributed by atoms with van der Waals surface area (Å²) in [4.78, 5) is 14.6. The molecule has 20 heavy (non-hydrogen) atoms. The molecule has 1 aromatic carbocycles. The van der Waals surface area contributed by atoms with Crippen LogP contribution in [-0.2, 0) is 4.79 Å². The molecule has 0 aliphatic carbocycles. The third kappa shape index (κ3) is 2.95. The Kier molecular flexibility index (Phi) is 4.01. The lowest BCUT2D eigenvalue weighted by Crippen LogP contribution is -2.07. The highest BCUT2D eigenvalue weighted by molar-refractivity contribution is 5.67. The van der Waals surface area contributed by atoms with E-state index in [1.165, 1.54) is 0 Å². The molecular formula is C14H13N3O3. The van der Waals surface area contributed by atoms with E-state index in [2.05, 4.69) is 10.3 Å². The molecule has 6 heteroatoms. The van der Waals surface area contributed by atoms with Crippen LogP contribution in [0, 0.1) is 18.3 Å². The van der Waals surface area contributed by atoms with E-state index in [0.717, 1.165) is 11.1 Å². The number of benzene rings is 1. The molecule has 2 aromatic rings. The summed E-state index contributed by atoms with van der Waals surface area (Å²) in [5.41, 5.74) is 1.90. The molecule has 0 atom stereocenters. The molecule has 2 N–H and O–H groups in total. The standard InChI is InChI=1S/C14H13N3O3/c1-9-4-2-3-5-10(9)13-17-11(8-15)14(20-13)16-7-6-12(18)19/h2-5,16H,6-7H2,1H3,(H,18,19). The van der Waals surface area contributed by atoms with Crippen molar-refractivity contribution in [1.29, 1.82) is 5.26 Å². The Morgan fingerprint density at radius 1 is 1.50 bits per heavy atom. The topological polar surface area (TPSA) is 99.2 Å². The van der Waals surface area contributed by atoms with Gasteiger partial charge in [0.15, 0.2) is 0 Å². The van der Waals surface area contributed by atoms with Crippen LogP contribution in [-0.4, -0.2) is 22.6 Å². The lowest BCUT2D eigenvalue weighted by Gasteiger charge is -2.01. The van der Waals surface area contributed by atoms with Crippen LogP contribution in [0.3, 0.4) is 0 Å². The van der Waals surface area contributed by atoms with Crippen molar-refractivity contribution in [2.45, 2.75) is 13.3 Å². The predicted octanol–water partition coefficient (Wildman–Crippen LogP) is 2.41. The first-order chi connectivity index (χ1) is 9.61. The van der Waals surface area contributed by atoms with Gasteiger partial charge in [-0.25, -0.2) is 0 Å². The van der Waals surface area contributed by atoms with E-state index >= 15 is 0 Å². The molecule has 102 valence electrons. The van der Waals surface area contributed by atoms with Gasteiger partial charge in [0.1, 0.15) is 6.07 Å². The van der Waals surface area contributed by atoms with Crippen molar-refractivity contribution in [3.63, 3.8) is 0 Å². The summed E-state index contributed by atoms with van der Waals surface area (Å²) in [7, 11) is 0. The second-order valence-electron chi connectivity index (χ2n) is 4.19. The molecule has 0 aliphatic rings. The fourth-order valence-electron chi connectivity index (χ4n) is 1.73. The van der Waals surface area contributed by atoms with Crippen molar-refractivity contribution in [3.05, 3.63) is 35.5 Å². The number of hydrogen-bond acceptors (Lipinski definition) is 5. The van der Waals surface area contributed by atoms with Crippen LogP contribution in [0.1, 0.15) is 17.7 Å². The molecule has 0 aliphatic heterocycles. The quantitative estimate of drug-likeness (QED) is 0.866. The van der Waals surface area contributed by atoms with Crippen LogP contribution in [0.4, 0.5) is 5.88 Å². The monoisotopic (exact) mass is 271 g/mol. The number of nitrogens with zero attached hydrogens (tertiary/aromatic N) is 2. The third-order valence-electron chi connectivity index (χ3n) is 2.73. The normalized spacial score (nSPS) is 10.0. The molecule has 0 saturated carbocycles. The Morgan fingerprint density at radius 3 is 2.90 bits per heavy atom. The zero-order valence-electron chi connectivity index (χ0n) is 10.9. The van der Waals surface area contributed by atoms with E-state index in [0.29, 0.717) is 5.89 Å². The van der Waals surface area contributed by atoms with Crippen molar-refractivity contribution >= 4 is 11.9 Å². The Balaban J connectivity index is 2.25. The van der Waals surface area contributed by atoms with E-state index in [4.69, 9.17) is 14.8 Å². The number of nitriles is 1. The number of anilines is 1. The van der Waals surface area contributed by atoms with Crippen LogP contribution in [0.5, 0.6) is 0 Å². The molecule has 0 spiro atoms. The zero-order valence-corrected chi connectivity index (χ0v) is 10.9. The maximum atomic E-state index is 10.5. The van der Waals surface area contributed by atoms with E-state index < -0.39 is 5.97 Å². The second kappa shape index (κ2) is 5.89.